The molecular weight excluding hydrogens is 230 g/mol. The molecule has 0 saturated carbocycles. The van der Waals surface area contributed by atoms with E-state index < -0.39 is 5.97 Å². The van der Waals surface area contributed by atoms with Crippen LogP contribution in [-0.2, 0) is 4.74 Å². The van der Waals surface area contributed by atoms with Gasteiger partial charge in [0.1, 0.15) is 5.69 Å². The summed E-state index contributed by atoms with van der Waals surface area (Å²) < 4.78 is 4.63. The highest BCUT2D eigenvalue weighted by Crippen LogP contribution is 2.08. The highest BCUT2D eigenvalue weighted by Gasteiger charge is 2.07. The number of aromatic nitrogens is 1. The Kier molecular flexibility index (Phi) is 5.58. The second-order valence-corrected chi connectivity index (χ2v) is 4.42. The van der Waals surface area contributed by atoms with Crippen molar-refractivity contribution in [1.29, 1.82) is 0 Å². The zero-order valence-electron chi connectivity index (χ0n) is 11.4. The van der Waals surface area contributed by atoms with Crippen molar-refractivity contribution in [3.05, 3.63) is 24.0 Å². The lowest BCUT2D eigenvalue weighted by Crippen LogP contribution is -2.31. The van der Waals surface area contributed by atoms with E-state index in [4.69, 9.17) is 0 Å². The van der Waals surface area contributed by atoms with Gasteiger partial charge in [0.15, 0.2) is 0 Å². The van der Waals surface area contributed by atoms with Gasteiger partial charge in [0.05, 0.1) is 7.11 Å². The third-order valence-electron chi connectivity index (χ3n) is 2.83. The smallest absolute Gasteiger partial charge is 0.356 e. The van der Waals surface area contributed by atoms with E-state index in [1.807, 2.05) is 6.07 Å². The van der Waals surface area contributed by atoms with E-state index in [-0.39, 0.29) is 0 Å². The van der Waals surface area contributed by atoms with Crippen molar-refractivity contribution in [1.82, 2.24) is 9.88 Å². The van der Waals surface area contributed by atoms with Crippen LogP contribution in [0.5, 0.6) is 0 Å². The molecular formula is C13H21N3O2. The maximum atomic E-state index is 11.3. The van der Waals surface area contributed by atoms with Crippen LogP contribution in [-0.4, -0.2) is 49.1 Å². The van der Waals surface area contributed by atoms with Crippen LogP contribution < -0.4 is 5.32 Å². The van der Waals surface area contributed by atoms with Gasteiger partial charge in [-0.05, 0) is 33.0 Å². The van der Waals surface area contributed by atoms with Gasteiger partial charge < -0.3 is 15.0 Å². The van der Waals surface area contributed by atoms with Crippen molar-refractivity contribution in [2.24, 2.45) is 0 Å². The van der Waals surface area contributed by atoms with Crippen molar-refractivity contribution in [3.63, 3.8) is 0 Å². The summed E-state index contributed by atoms with van der Waals surface area (Å²) in [6, 6.07) is 4.05. The highest BCUT2D eigenvalue weighted by atomic mass is 16.5. The Labute approximate surface area is 108 Å². The van der Waals surface area contributed by atoms with Crippen LogP contribution in [0.25, 0.3) is 0 Å². The summed E-state index contributed by atoms with van der Waals surface area (Å²) in [5.41, 5.74) is 1.20. The van der Waals surface area contributed by atoms with Gasteiger partial charge in [0, 0.05) is 31.0 Å². The Bertz CT molecular complexity index is 394. The Morgan fingerprint density at radius 3 is 2.89 bits per heavy atom. The van der Waals surface area contributed by atoms with Crippen LogP contribution in [0, 0.1) is 0 Å². The van der Waals surface area contributed by atoms with Crippen molar-refractivity contribution >= 4 is 11.7 Å². The fourth-order valence-electron chi connectivity index (χ4n) is 1.39. The van der Waals surface area contributed by atoms with Gasteiger partial charge in [-0.1, -0.05) is 0 Å². The number of nitrogens with one attached hydrogen (secondary N) is 1. The minimum absolute atomic E-state index is 0.319. The quantitative estimate of drug-likeness (QED) is 0.779. The maximum Gasteiger partial charge on any atom is 0.356 e. The van der Waals surface area contributed by atoms with Gasteiger partial charge in [0.25, 0.3) is 0 Å². The Morgan fingerprint density at radius 2 is 2.28 bits per heavy atom. The van der Waals surface area contributed by atoms with Crippen LogP contribution >= 0.6 is 0 Å². The van der Waals surface area contributed by atoms with Crippen molar-refractivity contribution < 1.29 is 9.53 Å². The first-order chi connectivity index (χ1) is 8.54. The molecule has 0 spiro atoms. The first-order valence-corrected chi connectivity index (χ1v) is 6.03. The van der Waals surface area contributed by atoms with Gasteiger partial charge in [-0.2, -0.15) is 0 Å². The minimum atomic E-state index is -0.419. The van der Waals surface area contributed by atoms with Crippen LogP contribution in [0.1, 0.15) is 24.3 Å². The molecule has 0 aromatic carbocycles. The van der Waals surface area contributed by atoms with E-state index in [0.717, 1.165) is 18.8 Å². The number of anilines is 1. The lowest BCUT2D eigenvalue weighted by Gasteiger charge is -2.21. The number of methoxy groups -OCH3 is 1. The summed E-state index contributed by atoms with van der Waals surface area (Å²) in [6.45, 7) is 6.07. The molecule has 0 aliphatic rings. The summed E-state index contributed by atoms with van der Waals surface area (Å²) >= 11 is 0. The molecule has 0 saturated heterocycles. The number of nitrogens with zero attached hydrogens (tertiary/aromatic N) is 2. The lowest BCUT2D eigenvalue weighted by atomic mass is 10.3. The van der Waals surface area contributed by atoms with E-state index in [9.17, 15) is 4.79 Å². The Morgan fingerprint density at radius 1 is 1.56 bits per heavy atom. The fraction of sp³-hybridized carbons (Fsp3) is 0.538. The molecule has 5 heteroatoms. The SMILES string of the molecule is COC(=O)c1cc(NCCN(C)C(C)C)ccn1. The lowest BCUT2D eigenvalue weighted by molar-refractivity contribution is 0.0594. The number of carbonyl (C=O) groups excluding carboxylic acids is 1. The molecule has 1 aromatic heterocycles. The molecule has 100 valence electrons. The Balaban J connectivity index is 2.50. The third kappa shape index (κ3) is 4.33. The number of esters is 1. The number of hydrogen-bond acceptors (Lipinski definition) is 5. The van der Waals surface area contributed by atoms with E-state index in [2.05, 4.69) is 40.8 Å². The molecule has 1 heterocycles. The monoisotopic (exact) mass is 251 g/mol. The first-order valence-electron chi connectivity index (χ1n) is 6.03. The molecule has 0 aliphatic carbocycles. The molecule has 0 aliphatic heterocycles. The minimum Gasteiger partial charge on any atom is -0.464 e. The van der Waals surface area contributed by atoms with Crippen molar-refractivity contribution in [3.8, 4) is 0 Å². The standard InChI is InChI=1S/C13H21N3O2/c1-10(2)16(3)8-7-14-11-5-6-15-12(9-11)13(17)18-4/h5-6,9-10H,7-8H2,1-4H3,(H,14,15). The van der Waals surface area contributed by atoms with E-state index in [1.54, 1.807) is 12.3 Å². The predicted octanol–water partition coefficient (Wildman–Crippen LogP) is 1.62. The molecule has 0 atom stereocenters. The molecule has 0 bridgehead atoms. The molecule has 1 N–H and O–H groups in total. The number of hydrogen-bond donors (Lipinski definition) is 1. The topological polar surface area (TPSA) is 54.5 Å². The number of ether oxygens (including phenoxy) is 1. The van der Waals surface area contributed by atoms with E-state index in [0.29, 0.717) is 11.7 Å². The van der Waals surface area contributed by atoms with Crippen LogP contribution in [0.4, 0.5) is 5.69 Å². The summed E-state index contributed by atoms with van der Waals surface area (Å²) in [4.78, 5) is 17.5. The maximum absolute atomic E-state index is 11.3. The van der Waals surface area contributed by atoms with Crippen LogP contribution in [0.3, 0.4) is 0 Å². The average molecular weight is 251 g/mol. The van der Waals surface area contributed by atoms with E-state index >= 15 is 0 Å². The van der Waals surface area contributed by atoms with Gasteiger partial charge in [-0.15, -0.1) is 0 Å². The molecule has 18 heavy (non-hydrogen) atoms. The number of likely N-dealkylation sites (N-methyl/N-ethyl adjacent to an activating group) is 1. The average Bonchev–Trinajstić information content (AvgIpc) is 2.37. The zero-order valence-corrected chi connectivity index (χ0v) is 11.4. The molecule has 1 rings (SSSR count). The predicted molar refractivity (Wildman–Crippen MR) is 71.8 cm³/mol. The second kappa shape index (κ2) is 6.96. The molecule has 5 nitrogen and oxygen atoms in total. The molecule has 1 aromatic rings. The number of pyridine rings is 1. The summed E-state index contributed by atoms with van der Waals surface area (Å²) in [5.74, 6) is -0.419. The molecule has 0 radical (unpaired) electrons. The molecule has 0 unspecified atom stereocenters. The largest absolute Gasteiger partial charge is 0.464 e. The zero-order chi connectivity index (χ0) is 13.5. The van der Waals surface area contributed by atoms with Gasteiger partial charge in [-0.3, -0.25) is 0 Å². The van der Waals surface area contributed by atoms with Crippen LogP contribution in [0.15, 0.2) is 18.3 Å². The summed E-state index contributed by atoms with van der Waals surface area (Å²) in [5, 5.41) is 3.26. The van der Waals surface area contributed by atoms with Gasteiger partial charge in [0.2, 0.25) is 0 Å². The van der Waals surface area contributed by atoms with Gasteiger partial charge >= 0.3 is 5.97 Å². The number of rotatable bonds is 6. The summed E-state index contributed by atoms with van der Waals surface area (Å²) in [7, 11) is 3.43. The third-order valence-corrected chi connectivity index (χ3v) is 2.83. The summed E-state index contributed by atoms with van der Waals surface area (Å²) in [6.07, 6.45) is 1.60. The molecule has 0 amide bonds. The van der Waals surface area contributed by atoms with Crippen molar-refractivity contribution in [2.45, 2.75) is 19.9 Å². The van der Waals surface area contributed by atoms with E-state index in [1.165, 1.54) is 7.11 Å². The number of carbonyl (C=O) groups is 1. The van der Waals surface area contributed by atoms with Crippen molar-refractivity contribution in [2.75, 3.05) is 32.6 Å². The highest BCUT2D eigenvalue weighted by molar-refractivity contribution is 5.88. The first kappa shape index (κ1) is 14.4. The fourth-order valence-corrected chi connectivity index (χ4v) is 1.39. The normalized spacial score (nSPS) is 10.8. The Hall–Kier alpha value is -1.62. The molecule has 0 fully saturated rings. The second-order valence-electron chi connectivity index (χ2n) is 4.42. The van der Waals surface area contributed by atoms with Crippen LogP contribution in [0.2, 0.25) is 0 Å². The van der Waals surface area contributed by atoms with Gasteiger partial charge in [-0.25, -0.2) is 9.78 Å².